The van der Waals surface area contributed by atoms with Gasteiger partial charge in [0.2, 0.25) is 0 Å². The molecule has 0 aromatic heterocycles. The lowest BCUT2D eigenvalue weighted by Gasteiger charge is -2.32. The standard InChI is InChI=1S/C9H8F9IO/c10-6(11,4-5(19)2-1-3-20)7(12,13)8(14,15)9(16,17)18/h4,20H,1-3H2/b5-4+. The molecule has 0 aliphatic carbocycles. The topological polar surface area (TPSA) is 20.2 Å². The second-order valence-corrected chi connectivity index (χ2v) is 5.07. The van der Waals surface area contributed by atoms with Crippen LogP contribution in [-0.2, 0) is 0 Å². The maximum Gasteiger partial charge on any atom is 0.460 e. The number of alkyl halides is 9. The summed E-state index contributed by atoms with van der Waals surface area (Å²) < 4.78 is 111. The number of halogens is 10. The third-order valence-electron chi connectivity index (χ3n) is 2.08. The van der Waals surface area contributed by atoms with Gasteiger partial charge in [0, 0.05) is 12.7 Å². The van der Waals surface area contributed by atoms with E-state index >= 15 is 0 Å². The largest absolute Gasteiger partial charge is 0.460 e. The molecular weight excluding hydrogens is 422 g/mol. The Morgan fingerprint density at radius 3 is 1.70 bits per heavy atom. The van der Waals surface area contributed by atoms with Gasteiger partial charge in [-0.2, -0.15) is 39.5 Å². The fourth-order valence-electron chi connectivity index (χ4n) is 0.995. The first-order valence-corrected chi connectivity index (χ1v) is 5.97. The SMILES string of the molecule is OCCC/C(I)=C\C(F)(F)C(F)(F)C(F)(F)C(F)(F)F. The Labute approximate surface area is 121 Å². The van der Waals surface area contributed by atoms with Crippen LogP contribution in [-0.4, -0.2) is 35.7 Å². The van der Waals surface area contributed by atoms with E-state index in [1.54, 1.807) is 0 Å². The van der Waals surface area contributed by atoms with Crippen molar-refractivity contribution in [3.05, 3.63) is 9.66 Å². The van der Waals surface area contributed by atoms with Crippen molar-refractivity contribution in [3.63, 3.8) is 0 Å². The van der Waals surface area contributed by atoms with Gasteiger partial charge in [-0.1, -0.05) is 0 Å². The number of hydrogen-bond donors (Lipinski definition) is 1. The molecule has 0 amide bonds. The average Bonchev–Trinajstić information content (AvgIpc) is 2.23. The van der Waals surface area contributed by atoms with Gasteiger partial charge in [0.25, 0.3) is 0 Å². The monoisotopic (exact) mass is 430 g/mol. The van der Waals surface area contributed by atoms with Crippen LogP contribution in [0.2, 0.25) is 0 Å². The third kappa shape index (κ3) is 3.92. The Bertz CT molecular complexity index is 361. The van der Waals surface area contributed by atoms with Crippen molar-refractivity contribution in [1.29, 1.82) is 0 Å². The van der Waals surface area contributed by atoms with Crippen molar-refractivity contribution in [2.24, 2.45) is 0 Å². The van der Waals surface area contributed by atoms with E-state index in [4.69, 9.17) is 5.11 Å². The summed E-state index contributed by atoms with van der Waals surface area (Å²) in [6.07, 6.45) is -7.96. The molecule has 20 heavy (non-hydrogen) atoms. The van der Waals surface area contributed by atoms with Gasteiger partial charge < -0.3 is 5.11 Å². The zero-order chi connectivity index (χ0) is 16.4. The number of aliphatic hydroxyl groups is 1. The van der Waals surface area contributed by atoms with Crippen molar-refractivity contribution in [2.75, 3.05) is 6.61 Å². The summed E-state index contributed by atoms with van der Waals surface area (Å²) in [5.74, 6) is -19.2. The van der Waals surface area contributed by atoms with Crippen LogP contribution in [0.3, 0.4) is 0 Å². The Balaban J connectivity index is 5.47. The Kier molecular flexibility index (Phi) is 6.22. The van der Waals surface area contributed by atoms with Gasteiger partial charge >= 0.3 is 23.9 Å². The van der Waals surface area contributed by atoms with Gasteiger partial charge in [-0.15, -0.1) is 0 Å². The van der Waals surface area contributed by atoms with Crippen LogP contribution in [0.15, 0.2) is 9.66 Å². The molecule has 0 saturated carbocycles. The molecule has 11 heteroatoms. The number of aliphatic hydroxyl groups excluding tert-OH is 1. The van der Waals surface area contributed by atoms with Crippen LogP contribution in [0, 0.1) is 0 Å². The van der Waals surface area contributed by atoms with Crippen LogP contribution >= 0.6 is 22.6 Å². The second kappa shape index (κ2) is 6.28. The lowest BCUT2D eigenvalue weighted by atomic mass is 10.0. The summed E-state index contributed by atoms with van der Waals surface area (Å²) in [6.45, 7) is -0.485. The molecule has 1 nitrogen and oxygen atoms in total. The quantitative estimate of drug-likeness (QED) is 0.485. The minimum Gasteiger partial charge on any atom is -0.396 e. The van der Waals surface area contributed by atoms with E-state index in [9.17, 15) is 39.5 Å². The second-order valence-electron chi connectivity index (χ2n) is 3.69. The zero-order valence-electron chi connectivity index (χ0n) is 9.43. The highest BCUT2D eigenvalue weighted by molar-refractivity contribution is 14.1. The molecule has 0 aromatic rings. The maximum atomic E-state index is 13.0. The number of hydrogen-bond acceptors (Lipinski definition) is 1. The normalized spacial score (nSPS) is 15.7. The first-order valence-electron chi connectivity index (χ1n) is 4.89. The van der Waals surface area contributed by atoms with E-state index < -0.39 is 40.2 Å². The first kappa shape index (κ1) is 19.8. The van der Waals surface area contributed by atoms with Crippen molar-refractivity contribution in [2.45, 2.75) is 36.8 Å². The molecule has 0 saturated heterocycles. The van der Waals surface area contributed by atoms with Crippen LogP contribution in [0.25, 0.3) is 0 Å². The Morgan fingerprint density at radius 2 is 1.35 bits per heavy atom. The van der Waals surface area contributed by atoms with E-state index in [1.165, 1.54) is 0 Å². The summed E-state index contributed by atoms with van der Waals surface area (Å²) in [4.78, 5) is 0. The lowest BCUT2D eigenvalue weighted by molar-refractivity contribution is -0.388. The molecule has 0 heterocycles. The average molecular weight is 430 g/mol. The van der Waals surface area contributed by atoms with Gasteiger partial charge in [-0.05, 0) is 39.0 Å². The summed E-state index contributed by atoms with van der Waals surface area (Å²) >= 11 is 1.09. The molecule has 0 unspecified atom stereocenters. The van der Waals surface area contributed by atoms with Gasteiger partial charge in [0.1, 0.15) is 0 Å². The molecule has 0 aliphatic rings. The number of allylic oxidation sites excluding steroid dienone is 2. The molecule has 0 spiro atoms. The van der Waals surface area contributed by atoms with E-state index in [0.717, 1.165) is 22.6 Å². The minimum atomic E-state index is -6.88. The van der Waals surface area contributed by atoms with Gasteiger partial charge in [-0.3, -0.25) is 0 Å². The highest BCUT2D eigenvalue weighted by atomic mass is 127. The maximum absolute atomic E-state index is 13.0. The van der Waals surface area contributed by atoms with Crippen LogP contribution in [0.4, 0.5) is 39.5 Å². The highest BCUT2D eigenvalue weighted by Gasteiger charge is 2.81. The van der Waals surface area contributed by atoms with E-state index in [2.05, 4.69) is 0 Å². The van der Waals surface area contributed by atoms with Crippen LogP contribution in [0.1, 0.15) is 12.8 Å². The molecule has 0 aromatic carbocycles. The molecule has 0 fully saturated rings. The van der Waals surface area contributed by atoms with Crippen molar-refractivity contribution in [1.82, 2.24) is 0 Å². The predicted molar refractivity (Wildman–Crippen MR) is 59.3 cm³/mol. The molecule has 0 radical (unpaired) electrons. The molecule has 1 N–H and O–H groups in total. The zero-order valence-corrected chi connectivity index (χ0v) is 11.6. The Morgan fingerprint density at radius 1 is 0.900 bits per heavy atom. The summed E-state index contributed by atoms with van der Waals surface area (Å²) in [6, 6.07) is 0. The molecule has 0 bridgehead atoms. The van der Waals surface area contributed by atoms with Gasteiger partial charge in [-0.25, -0.2) is 0 Å². The summed E-state index contributed by atoms with van der Waals surface area (Å²) in [7, 11) is 0. The van der Waals surface area contributed by atoms with Crippen molar-refractivity contribution >= 4 is 22.6 Å². The van der Waals surface area contributed by atoms with Gasteiger partial charge in [0.05, 0.1) is 0 Å². The summed E-state index contributed by atoms with van der Waals surface area (Å²) in [5, 5.41) is 8.37. The van der Waals surface area contributed by atoms with Crippen LogP contribution < -0.4 is 0 Å². The Hall–Kier alpha value is -0.200. The molecule has 0 atom stereocenters. The number of rotatable bonds is 6. The van der Waals surface area contributed by atoms with E-state index in [0.29, 0.717) is 0 Å². The molecule has 0 rings (SSSR count). The summed E-state index contributed by atoms with van der Waals surface area (Å²) in [5.41, 5.74) is 0. The van der Waals surface area contributed by atoms with Gasteiger partial charge in [0.15, 0.2) is 0 Å². The molecule has 0 aliphatic heterocycles. The first-order chi connectivity index (χ1) is 8.70. The van der Waals surface area contributed by atoms with Crippen molar-refractivity contribution in [3.8, 4) is 0 Å². The van der Waals surface area contributed by atoms with E-state index in [1.807, 2.05) is 0 Å². The van der Waals surface area contributed by atoms with E-state index in [-0.39, 0.29) is 12.8 Å². The fraction of sp³-hybridized carbons (Fsp3) is 0.778. The minimum absolute atomic E-state index is 0.133. The molecular formula is C9H8F9IO. The third-order valence-corrected chi connectivity index (χ3v) is 2.93. The fourth-order valence-corrected chi connectivity index (χ4v) is 1.77. The highest BCUT2D eigenvalue weighted by Crippen LogP contribution is 2.53. The van der Waals surface area contributed by atoms with Crippen LogP contribution in [0.5, 0.6) is 0 Å². The smallest absolute Gasteiger partial charge is 0.396 e. The lowest BCUT2D eigenvalue weighted by Crippen LogP contribution is -2.60. The predicted octanol–water partition coefficient (Wildman–Crippen LogP) is 4.55. The molecule has 120 valence electrons. The van der Waals surface area contributed by atoms with Crippen molar-refractivity contribution < 1.29 is 44.6 Å².